The van der Waals surface area contributed by atoms with Gasteiger partial charge in [0.05, 0.1) is 0 Å². The van der Waals surface area contributed by atoms with Gasteiger partial charge in [-0.25, -0.2) is 0 Å². The fourth-order valence-electron chi connectivity index (χ4n) is 1.41. The van der Waals surface area contributed by atoms with Gasteiger partial charge in [0, 0.05) is 17.8 Å². The van der Waals surface area contributed by atoms with Gasteiger partial charge in [-0.3, -0.25) is 0 Å². The lowest BCUT2D eigenvalue weighted by Gasteiger charge is -2.09. The molecule has 10 heavy (non-hydrogen) atoms. The lowest BCUT2D eigenvalue weighted by atomic mass is 10.2. The third-order valence-electron chi connectivity index (χ3n) is 1.99. The van der Waals surface area contributed by atoms with Crippen LogP contribution in [0.5, 0.6) is 0 Å². The van der Waals surface area contributed by atoms with E-state index in [1.54, 1.807) is 0 Å². The Morgan fingerprint density at radius 3 is 2.80 bits per heavy atom. The maximum Gasteiger partial charge on any atom is 0.0161 e. The second-order valence-corrected chi connectivity index (χ2v) is 4.32. The van der Waals surface area contributed by atoms with Crippen molar-refractivity contribution >= 4 is 11.8 Å². The van der Waals surface area contributed by atoms with Gasteiger partial charge >= 0.3 is 0 Å². The topological polar surface area (TPSA) is 12.0 Å². The molecule has 0 saturated carbocycles. The number of hydrogen-bond donors (Lipinski definition) is 1. The van der Waals surface area contributed by atoms with Crippen molar-refractivity contribution in [3.05, 3.63) is 0 Å². The number of hydrogen-bond acceptors (Lipinski definition) is 2. The summed E-state index contributed by atoms with van der Waals surface area (Å²) in [4.78, 5) is 0. The predicted octanol–water partition coefficient (Wildman–Crippen LogP) is 1.88. The van der Waals surface area contributed by atoms with E-state index in [1.807, 2.05) is 11.8 Å². The first-order valence-electron chi connectivity index (χ1n) is 4.16. The summed E-state index contributed by atoms with van der Waals surface area (Å²) < 4.78 is 0. The molecule has 1 saturated heterocycles. The molecular weight excluding hydrogens is 142 g/mol. The molecule has 0 bridgehead atoms. The molecule has 1 fully saturated rings. The van der Waals surface area contributed by atoms with Crippen LogP contribution in [-0.2, 0) is 0 Å². The fraction of sp³-hybridized carbons (Fsp3) is 1.00. The molecule has 2 heteroatoms. The lowest BCUT2D eigenvalue weighted by molar-refractivity contribution is 0.602. The highest BCUT2D eigenvalue weighted by Crippen LogP contribution is 2.15. The van der Waals surface area contributed by atoms with Crippen LogP contribution in [0.15, 0.2) is 0 Å². The largest absolute Gasteiger partial charge is 0.311 e. The minimum atomic E-state index is 0.766. The average Bonchev–Trinajstić information content (AvgIpc) is 2.31. The Morgan fingerprint density at radius 2 is 2.30 bits per heavy atom. The average molecular weight is 159 g/mol. The van der Waals surface area contributed by atoms with Crippen molar-refractivity contribution in [3.63, 3.8) is 0 Å². The van der Waals surface area contributed by atoms with Crippen molar-refractivity contribution in [2.45, 2.75) is 38.8 Å². The molecule has 1 N–H and O–H groups in total. The van der Waals surface area contributed by atoms with E-state index in [9.17, 15) is 0 Å². The number of nitrogens with one attached hydrogen (secondary N) is 1. The van der Waals surface area contributed by atoms with Gasteiger partial charge in [0.1, 0.15) is 0 Å². The molecule has 1 rings (SSSR count). The van der Waals surface area contributed by atoms with E-state index >= 15 is 0 Å². The summed E-state index contributed by atoms with van der Waals surface area (Å²) in [5.41, 5.74) is 0. The van der Waals surface area contributed by atoms with E-state index in [4.69, 9.17) is 0 Å². The summed E-state index contributed by atoms with van der Waals surface area (Å²) in [7, 11) is 0. The summed E-state index contributed by atoms with van der Waals surface area (Å²) >= 11 is 2.04. The Kier molecular flexibility index (Phi) is 3.57. The van der Waals surface area contributed by atoms with Crippen LogP contribution in [0.4, 0.5) is 0 Å². The SMILES string of the molecule is CCSCC1CCC(C)N1. The third kappa shape index (κ3) is 2.51. The number of thioether (sulfide) groups is 1. The zero-order valence-electron chi connectivity index (χ0n) is 6.89. The van der Waals surface area contributed by atoms with E-state index in [0.29, 0.717) is 0 Å². The van der Waals surface area contributed by atoms with Crippen LogP contribution in [0.25, 0.3) is 0 Å². The summed E-state index contributed by atoms with van der Waals surface area (Å²) in [6, 6.07) is 1.57. The van der Waals surface area contributed by atoms with Gasteiger partial charge in [0.15, 0.2) is 0 Å². The predicted molar refractivity (Wildman–Crippen MR) is 48.6 cm³/mol. The molecule has 0 amide bonds. The summed E-state index contributed by atoms with van der Waals surface area (Å²) in [5, 5.41) is 3.57. The second-order valence-electron chi connectivity index (χ2n) is 3.00. The van der Waals surface area contributed by atoms with E-state index in [-0.39, 0.29) is 0 Å². The first kappa shape index (κ1) is 8.41. The van der Waals surface area contributed by atoms with Gasteiger partial charge in [-0.05, 0) is 25.5 Å². The van der Waals surface area contributed by atoms with E-state index in [0.717, 1.165) is 12.1 Å². The van der Waals surface area contributed by atoms with Crippen LogP contribution >= 0.6 is 11.8 Å². The monoisotopic (exact) mass is 159 g/mol. The Hall–Kier alpha value is 0.310. The third-order valence-corrected chi connectivity index (χ3v) is 3.04. The molecule has 1 aliphatic heterocycles. The minimum absolute atomic E-state index is 0.766. The van der Waals surface area contributed by atoms with Crippen molar-refractivity contribution in [1.82, 2.24) is 5.32 Å². The van der Waals surface area contributed by atoms with Gasteiger partial charge in [0.25, 0.3) is 0 Å². The van der Waals surface area contributed by atoms with Crippen molar-refractivity contribution in [3.8, 4) is 0 Å². The lowest BCUT2D eigenvalue weighted by Crippen LogP contribution is -2.28. The molecule has 1 nitrogen and oxygen atoms in total. The van der Waals surface area contributed by atoms with Crippen LogP contribution in [-0.4, -0.2) is 23.6 Å². The molecule has 0 radical (unpaired) electrons. The molecule has 0 spiro atoms. The second kappa shape index (κ2) is 4.24. The summed E-state index contributed by atoms with van der Waals surface area (Å²) in [6.07, 6.45) is 2.75. The number of rotatable bonds is 3. The molecule has 2 unspecified atom stereocenters. The van der Waals surface area contributed by atoms with Gasteiger partial charge in [-0.1, -0.05) is 6.92 Å². The Morgan fingerprint density at radius 1 is 1.50 bits per heavy atom. The molecule has 1 heterocycles. The van der Waals surface area contributed by atoms with Crippen molar-refractivity contribution in [1.29, 1.82) is 0 Å². The highest BCUT2D eigenvalue weighted by Gasteiger charge is 2.18. The van der Waals surface area contributed by atoms with Crippen molar-refractivity contribution in [2.24, 2.45) is 0 Å². The van der Waals surface area contributed by atoms with Crippen molar-refractivity contribution < 1.29 is 0 Å². The molecule has 0 aliphatic carbocycles. The molecule has 2 atom stereocenters. The fourth-order valence-corrected chi connectivity index (χ4v) is 2.19. The highest BCUT2D eigenvalue weighted by atomic mass is 32.2. The zero-order chi connectivity index (χ0) is 7.40. The molecule has 1 aliphatic rings. The summed E-state index contributed by atoms with van der Waals surface area (Å²) in [5.74, 6) is 2.56. The Balaban J connectivity index is 2.06. The van der Waals surface area contributed by atoms with E-state index in [2.05, 4.69) is 19.2 Å². The minimum Gasteiger partial charge on any atom is -0.311 e. The van der Waals surface area contributed by atoms with Crippen LogP contribution in [0.1, 0.15) is 26.7 Å². The van der Waals surface area contributed by atoms with Crippen LogP contribution in [0.3, 0.4) is 0 Å². The van der Waals surface area contributed by atoms with Gasteiger partial charge < -0.3 is 5.32 Å². The first-order chi connectivity index (χ1) is 4.83. The van der Waals surface area contributed by atoms with E-state index in [1.165, 1.54) is 24.3 Å². The van der Waals surface area contributed by atoms with Crippen LogP contribution in [0, 0.1) is 0 Å². The maximum absolute atomic E-state index is 3.57. The van der Waals surface area contributed by atoms with Gasteiger partial charge in [-0.15, -0.1) is 0 Å². The standard InChI is InChI=1S/C8H17NS/c1-3-10-6-8-5-4-7(2)9-8/h7-9H,3-6H2,1-2H3. The molecule has 0 aromatic heterocycles. The van der Waals surface area contributed by atoms with Gasteiger partial charge in [0.2, 0.25) is 0 Å². The highest BCUT2D eigenvalue weighted by molar-refractivity contribution is 7.99. The molecule has 0 aromatic carbocycles. The van der Waals surface area contributed by atoms with Gasteiger partial charge in [-0.2, -0.15) is 11.8 Å². The molecule has 60 valence electrons. The first-order valence-corrected chi connectivity index (χ1v) is 5.32. The normalized spacial score (nSPS) is 33.0. The molecular formula is C8H17NS. The van der Waals surface area contributed by atoms with Crippen LogP contribution in [0.2, 0.25) is 0 Å². The Bertz CT molecular complexity index is 95.3. The smallest absolute Gasteiger partial charge is 0.0161 e. The quantitative estimate of drug-likeness (QED) is 0.675. The maximum atomic E-state index is 3.57. The van der Waals surface area contributed by atoms with Crippen molar-refractivity contribution in [2.75, 3.05) is 11.5 Å². The Labute approximate surface area is 68.0 Å². The van der Waals surface area contributed by atoms with E-state index < -0.39 is 0 Å². The van der Waals surface area contributed by atoms with Crippen LogP contribution < -0.4 is 5.32 Å². The molecule has 0 aromatic rings. The summed E-state index contributed by atoms with van der Waals surface area (Å²) in [6.45, 7) is 4.50. The zero-order valence-corrected chi connectivity index (χ0v) is 7.71.